The molecule has 54 valence electrons. The lowest BCUT2D eigenvalue weighted by molar-refractivity contribution is 1.15. The van der Waals surface area contributed by atoms with Crippen molar-refractivity contribution < 1.29 is 0 Å². The molecule has 0 aliphatic carbocycles. The molecule has 10 heavy (non-hydrogen) atoms. The molecule has 1 nitrogen and oxygen atoms in total. The molecule has 1 atom stereocenters. The van der Waals surface area contributed by atoms with E-state index < -0.39 is 0 Å². The van der Waals surface area contributed by atoms with Crippen molar-refractivity contribution >= 4 is 13.0 Å². The Morgan fingerprint density at radius 3 is 2.50 bits per heavy atom. The molecular formula is C8H12NP. The molecule has 0 fully saturated rings. The van der Waals surface area contributed by atoms with Crippen LogP contribution < -0.4 is 5.73 Å². The van der Waals surface area contributed by atoms with Gasteiger partial charge in [0.25, 0.3) is 0 Å². The molecule has 1 aromatic rings. The third kappa shape index (κ3) is 1.19. The molecule has 1 rings (SSSR count). The predicted octanol–water partition coefficient (Wildman–Crippen LogP) is 2.96. The third-order valence-corrected chi connectivity index (χ3v) is 3.76. The summed E-state index contributed by atoms with van der Waals surface area (Å²) in [5.41, 5.74) is 11.3. The Kier molecular flexibility index (Phi) is 2.39. The lowest BCUT2D eigenvalue weighted by atomic mass is 10.2. The number of hydrogen-bond donors (Lipinski definition) is 0. The molecule has 0 aromatic carbocycles. The zero-order valence-electron chi connectivity index (χ0n) is 6.46. The first-order valence-electron chi connectivity index (χ1n) is 3.66. The van der Waals surface area contributed by atoms with Crippen LogP contribution in [0.25, 0.3) is 0 Å². The van der Waals surface area contributed by atoms with Gasteiger partial charge in [-0.2, -0.15) is 0 Å². The lowest BCUT2D eigenvalue weighted by Gasteiger charge is -1.93. The van der Waals surface area contributed by atoms with Crippen LogP contribution in [0.3, 0.4) is 0 Å². The molecule has 1 heterocycles. The second kappa shape index (κ2) is 3.12. The van der Waals surface area contributed by atoms with Gasteiger partial charge in [0.05, 0.1) is 0 Å². The highest BCUT2D eigenvalue weighted by Gasteiger charge is 2.03. The van der Waals surface area contributed by atoms with E-state index in [1.54, 1.807) is 0 Å². The summed E-state index contributed by atoms with van der Waals surface area (Å²) in [4.78, 5) is 0. The number of rotatable bonds is 2. The van der Waals surface area contributed by atoms with Gasteiger partial charge in [-0.15, -0.1) is 5.73 Å². The van der Waals surface area contributed by atoms with E-state index in [4.69, 9.17) is 0 Å². The molecule has 0 amide bonds. The summed E-state index contributed by atoms with van der Waals surface area (Å²) in [6, 6.07) is 2.06. The number of aryl methyl sites for hydroxylation is 2. The normalized spacial score (nSPS) is 12.0. The van der Waals surface area contributed by atoms with Crippen LogP contribution in [0.4, 0.5) is 5.42 Å². The Hall–Kier alpha value is -0.420. The Morgan fingerprint density at radius 2 is 2.20 bits per heavy atom. The van der Waals surface area contributed by atoms with Gasteiger partial charge in [0.15, 0.2) is 0 Å². The molecule has 0 bridgehead atoms. The fraction of sp³-hybridized carbons (Fsp3) is 0.500. The third-order valence-electron chi connectivity index (χ3n) is 1.74. The number of nitrogens with zero attached hydrogens (tertiary/aromatic N) is 1. The Bertz CT molecular complexity index is 194. The summed E-state index contributed by atoms with van der Waals surface area (Å²) in [6.45, 7) is 4.19. The first-order valence-corrected chi connectivity index (χ1v) is 5.26. The summed E-state index contributed by atoms with van der Waals surface area (Å²) in [5.74, 6) is 2.14. The quantitative estimate of drug-likeness (QED) is 0.623. The largest absolute Gasteiger partial charge is 0.146 e. The van der Waals surface area contributed by atoms with Gasteiger partial charge in [-0.3, -0.25) is 0 Å². The van der Waals surface area contributed by atoms with Crippen LogP contribution in [-0.2, 0) is 12.6 Å². The van der Waals surface area contributed by atoms with Crippen LogP contribution in [0, 0.1) is 0 Å². The summed E-state index contributed by atoms with van der Waals surface area (Å²) in [5, 5.41) is 0. The maximum Gasteiger partial charge on any atom is 0.107 e. The first-order chi connectivity index (χ1) is 4.79. The van der Waals surface area contributed by atoms with Gasteiger partial charge in [-0.05, 0) is 23.9 Å². The van der Waals surface area contributed by atoms with Crippen molar-refractivity contribution in [3.05, 3.63) is 17.4 Å². The highest BCUT2D eigenvalue weighted by Crippen LogP contribution is 2.41. The van der Waals surface area contributed by atoms with Crippen LogP contribution in [0.1, 0.15) is 19.4 Å². The van der Waals surface area contributed by atoms with Gasteiger partial charge >= 0.3 is 0 Å². The van der Waals surface area contributed by atoms with E-state index in [1.807, 2.05) is 0 Å². The zero-order chi connectivity index (χ0) is 7.56. The van der Waals surface area contributed by atoms with Crippen LogP contribution >= 0.6 is 7.53 Å². The lowest BCUT2D eigenvalue weighted by Crippen LogP contribution is -1.74. The van der Waals surface area contributed by atoms with Crippen molar-refractivity contribution in [2.24, 2.45) is 0 Å². The van der Waals surface area contributed by atoms with Crippen molar-refractivity contribution in [3.8, 4) is 0 Å². The van der Waals surface area contributed by atoms with Crippen molar-refractivity contribution in [2.75, 3.05) is 0 Å². The minimum Gasteiger partial charge on any atom is -0.146 e. The first kappa shape index (κ1) is 7.68. The molecular weight excluding hydrogens is 141 g/mol. The van der Waals surface area contributed by atoms with Crippen molar-refractivity contribution in [1.82, 2.24) is 5.73 Å². The van der Waals surface area contributed by atoms with Crippen molar-refractivity contribution in [3.63, 3.8) is 0 Å². The molecule has 2 radical (unpaired) electrons. The van der Waals surface area contributed by atoms with Gasteiger partial charge in [0.2, 0.25) is 0 Å². The van der Waals surface area contributed by atoms with Crippen LogP contribution in [0.2, 0.25) is 0 Å². The van der Waals surface area contributed by atoms with E-state index in [0.717, 1.165) is 18.1 Å². The average molecular weight is 153 g/mol. The Morgan fingerprint density at radius 1 is 1.50 bits per heavy atom. The van der Waals surface area contributed by atoms with Crippen LogP contribution in [-0.4, -0.2) is 0 Å². The summed E-state index contributed by atoms with van der Waals surface area (Å²) < 4.78 is 0. The van der Waals surface area contributed by atoms with Gasteiger partial charge in [0, 0.05) is 0 Å². The molecule has 0 saturated carbocycles. The minimum atomic E-state index is -0.295. The van der Waals surface area contributed by atoms with E-state index in [1.165, 1.54) is 0 Å². The SMILES string of the molecule is CCc1ccp(CC)c1[N]. The monoisotopic (exact) mass is 153 g/mol. The van der Waals surface area contributed by atoms with E-state index in [9.17, 15) is 5.73 Å². The van der Waals surface area contributed by atoms with Gasteiger partial charge in [-0.1, -0.05) is 27.4 Å². The summed E-state index contributed by atoms with van der Waals surface area (Å²) in [7, 11) is -0.295. The maximum atomic E-state index is 9.49. The molecule has 0 aliphatic heterocycles. The highest BCUT2D eigenvalue weighted by atomic mass is 31.1. The molecule has 0 N–H and O–H groups in total. The smallest absolute Gasteiger partial charge is 0.107 e. The van der Waals surface area contributed by atoms with Crippen LogP contribution in [0.15, 0.2) is 11.9 Å². The summed E-state index contributed by atoms with van der Waals surface area (Å²) >= 11 is 0. The topological polar surface area (TPSA) is 22.3 Å². The predicted molar refractivity (Wildman–Crippen MR) is 46.0 cm³/mol. The van der Waals surface area contributed by atoms with E-state index in [0.29, 0.717) is 5.42 Å². The molecule has 0 aliphatic rings. The van der Waals surface area contributed by atoms with Crippen molar-refractivity contribution in [2.45, 2.75) is 26.4 Å². The zero-order valence-corrected chi connectivity index (χ0v) is 7.36. The average Bonchev–Trinajstić information content (AvgIpc) is 2.30. The van der Waals surface area contributed by atoms with Crippen molar-refractivity contribution in [1.29, 1.82) is 0 Å². The van der Waals surface area contributed by atoms with Crippen LogP contribution in [0.5, 0.6) is 0 Å². The highest BCUT2D eigenvalue weighted by molar-refractivity contribution is 7.52. The maximum absolute atomic E-state index is 9.49. The molecule has 2 heteroatoms. The standard InChI is InChI=1S/C8H12NP/c1-3-7-5-6-10(4-2)8(7)9/h5-6H,3-4H2,1-2H3. The van der Waals surface area contributed by atoms with E-state index in [2.05, 4.69) is 25.7 Å². The molecule has 0 saturated heterocycles. The summed E-state index contributed by atoms with van der Waals surface area (Å²) in [6.07, 6.45) is 2.03. The minimum absolute atomic E-state index is 0.295. The van der Waals surface area contributed by atoms with E-state index in [-0.39, 0.29) is 7.53 Å². The molecule has 0 spiro atoms. The Labute approximate surface area is 63.3 Å². The molecule has 1 unspecified atom stereocenters. The van der Waals surface area contributed by atoms with Gasteiger partial charge in [0.1, 0.15) is 5.42 Å². The fourth-order valence-electron chi connectivity index (χ4n) is 1.04. The second-order valence-corrected chi connectivity index (χ2v) is 4.60. The number of hydrogen-bond acceptors (Lipinski definition) is 0. The fourth-order valence-corrected chi connectivity index (χ4v) is 2.65. The van der Waals surface area contributed by atoms with E-state index >= 15 is 0 Å². The van der Waals surface area contributed by atoms with Gasteiger partial charge < -0.3 is 0 Å². The second-order valence-electron chi connectivity index (χ2n) is 2.30. The van der Waals surface area contributed by atoms with Gasteiger partial charge in [-0.25, -0.2) is 0 Å². The molecule has 1 aromatic heterocycles. The Balaban J connectivity index is 2.97.